The summed E-state index contributed by atoms with van der Waals surface area (Å²) in [6.45, 7) is 7.74. The summed E-state index contributed by atoms with van der Waals surface area (Å²) in [5.74, 6) is -2.42. The molecule has 0 radical (unpaired) electrons. The molecule has 0 unspecified atom stereocenters. The summed E-state index contributed by atoms with van der Waals surface area (Å²) in [7, 11) is 0. The van der Waals surface area contributed by atoms with Gasteiger partial charge >= 0.3 is 18.0 Å². The van der Waals surface area contributed by atoms with Gasteiger partial charge in [0.2, 0.25) is 0 Å². The summed E-state index contributed by atoms with van der Waals surface area (Å²) in [5.41, 5.74) is -0.647. The van der Waals surface area contributed by atoms with Gasteiger partial charge in [0.25, 0.3) is 0 Å². The number of carbonyl (C=O) groups excluding carboxylic acids is 3. The molecule has 2 saturated heterocycles. The third-order valence-electron chi connectivity index (χ3n) is 3.06. The molecule has 7 heteroatoms. The number of hydrogen-bond donors (Lipinski definition) is 1. The van der Waals surface area contributed by atoms with Crippen molar-refractivity contribution in [2.75, 3.05) is 26.2 Å². The SMILES string of the molecule is CC(C)(C)OC(=O)C(=O)OC(=O)N1CC2(CNC2)C1. The minimum absolute atomic E-state index is 0.147. The molecular formula is C12H18N2O5. The van der Waals surface area contributed by atoms with Crippen molar-refractivity contribution in [2.24, 2.45) is 5.41 Å². The zero-order valence-electron chi connectivity index (χ0n) is 11.3. The van der Waals surface area contributed by atoms with Gasteiger partial charge in [-0.15, -0.1) is 0 Å². The molecule has 0 saturated carbocycles. The van der Waals surface area contributed by atoms with Crippen molar-refractivity contribution in [3.05, 3.63) is 0 Å². The lowest BCUT2D eigenvalue weighted by Gasteiger charge is -2.55. The molecule has 2 heterocycles. The fourth-order valence-electron chi connectivity index (χ4n) is 2.10. The Bertz CT molecular complexity index is 414. The van der Waals surface area contributed by atoms with Crippen molar-refractivity contribution < 1.29 is 23.9 Å². The van der Waals surface area contributed by atoms with Gasteiger partial charge in [0.15, 0.2) is 0 Å². The lowest BCUT2D eigenvalue weighted by molar-refractivity contribution is -0.172. The smallest absolute Gasteiger partial charge is 0.426 e. The van der Waals surface area contributed by atoms with Gasteiger partial charge in [-0.1, -0.05) is 0 Å². The average Bonchev–Trinajstić information content (AvgIpc) is 2.09. The maximum Gasteiger partial charge on any atom is 0.426 e. The van der Waals surface area contributed by atoms with Crippen LogP contribution >= 0.6 is 0 Å². The summed E-state index contributed by atoms with van der Waals surface area (Å²) < 4.78 is 9.29. The number of ether oxygens (including phenoxy) is 2. The monoisotopic (exact) mass is 270 g/mol. The Labute approximate surface area is 111 Å². The van der Waals surface area contributed by atoms with E-state index in [-0.39, 0.29) is 5.41 Å². The summed E-state index contributed by atoms with van der Waals surface area (Å²) in [6, 6.07) is 0. The summed E-state index contributed by atoms with van der Waals surface area (Å²) in [5, 5.41) is 3.13. The first-order valence-electron chi connectivity index (χ1n) is 6.16. The number of nitrogens with zero attached hydrogens (tertiary/aromatic N) is 1. The van der Waals surface area contributed by atoms with Crippen molar-refractivity contribution >= 4 is 18.0 Å². The Kier molecular flexibility index (Phi) is 3.25. The van der Waals surface area contributed by atoms with E-state index >= 15 is 0 Å². The van der Waals surface area contributed by atoms with E-state index in [0.717, 1.165) is 13.1 Å². The number of amides is 1. The van der Waals surface area contributed by atoms with Crippen molar-refractivity contribution in [1.29, 1.82) is 0 Å². The lowest BCUT2D eigenvalue weighted by Crippen LogP contribution is -2.72. The average molecular weight is 270 g/mol. The fraction of sp³-hybridized carbons (Fsp3) is 0.750. The molecule has 106 valence electrons. The van der Waals surface area contributed by atoms with Gasteiger partial charge in [-0.05, 0) is 20.8 Å². The fourth-order valence-corrected chi connectivity index (χ4v) is 2.10. The van der Waals surface area contributed by atoms with E-state index in [2.05, 4.69) is 10.1 Å². The van der Waals surface area contributed by atoms with Crippen LogP contribution in [0.5, 0.6) is 0 Å². The molecule has 7 nitrogen and oxygen atoms in total. The standard InChI is InChI=1S/C12H18N2O5/c1-11(2,3)19-9(16)8(15)18-10(17)14-6-12(7-14)4-13-5-12/h13H,4-7H2,1-3H3. The maximum absolute atomic E-state index is 11.6. The van der Waals surface area contributed by atoms with Gasteiger partial charge in [0, 0.05) is 31.6 Å². The summed E-state index contributed by atoms with van der Waals surface area (Å²) in [4.78, 5) is 35.7. The van der Waals surface area contributed by atoms with E-state index in [9.17, 15) is 14.4 Å². The summed E-state index contributed by atoms with van der Waals surface area (Å²) in [6.07, 6.45) is -0.784. The first kappa shape index (κ1) is 13.8. The van der Waals surface area contributed by atoms with E-state index in [1.807, 2.05) is 0 Å². The van der Waals surface area contributed by atoms with E-state index in [1.165, 1.54) is 4.90 Å². The first-order valence-corrected chi connectivity index (χ1v) is 6.16. The molecule has 0 aliphatic carbocycles. The molecule has 2 rings (SSSR count). The van der Waals surface area contributed by atoms with Gasteiger partial charge < -0.3 is 19.7 Å². The van der Waals surface area contributed by atoms with Crippen LogP contribution in [-0.4, -0.2) is 54.7 Å². The highest BCUT2D eigenvalue weighted by molar-refractivity contribution is 6.31. The second-order valence-electron chi connectivity index (χ2n) is 6.12. The highest BCUT2D eigenvalue weighted by atomic mass is 16.6. The third kappa shape index (κ3) is 3.04. The zero-order valence-corrected chi connectivity index (χ0v) is 11.3. The second-order valence-corrected chi connectivity index (χ2v) is 6.12. The number of rotatable bonds is 0. The molecule has 2 aliphatic rings. The maximum atomic E-state index is 11.6. The largest absolute Gasteiger partial charge is 0.452 e. The number of likely N-dealkylation sites (tertiary alicyclic amines) is 1. The number of esters is 2. The van der Waals surface area contributed by atoms with Crippen LogP contribution in [0.15, 0.2) is 0 Å². The first-order chi connectivity index (χ1) is 8.71. The Morgan fingerprint density at radius 2 is 1.68 bits per heavy atom. The third-order valence-corrected chi connectivity index (χ3v) is 3.06. The molecule has 0 aromatic heterocycles. The number of hydrogen-bond acceptors (Lipinski definition) is 6. The molecule has 2 aliphatic heterocycles. The van der Waals surface area contributed by atoms with E-state index in [4.69, 9.17) is 4.74 Å². The highest BCUT2D eigenvalue weighted by Crippen LogP contribution is 2.34. The zero-order chi connectivity index (χ0) is 14.3. The van der Waals surface area contributed by atoms with Crippen molar-refractivity contribution in [1.82, 2.24) is 10.2 Å². The second kappa shape index (κ2) is 4.48. The number of carbonyl (C=O) groups is 3. The van der Waals surface area contributed by atoms with E-state index in [0.29, 0.717) is 13.1 Å². The molecule has 0 aromatic carbocycles. The van der Waals surface area contributed by atoms with Gasteiger partial charge in [-0.3, -0.25) is 0 Å². The van der Waals surface area contributed by atoms with Gasteiger partial charge in [-0.2, -0.15) is 0 Å². The quantitative estimate of drug-likeness (QED) is 0.376. The normalized spacial score (nSPS) is 20.3. The molecular weight excluding hydrogens is 252 g/mol. The Hall–Kier alpha value is -1.63. The predicted octanol–water partition coefficient (Wildman–Crippen LogP) is -0.103. The van der Waals surface area contributed by atoms with Crippen LogP contribution in [0.4, 0.5) is 4.79 Å². The van der Waals surface area contributed by atoms with Crippen LogP contribution in [0.1, 0.15) is 20.8 Å². The van der Waals surface area contributed by atoms with Crippen molar-refractivity contribution in [2.45, 2.75) is 26.4 Å². The minimum Gasteiger partial charge on any atom is -0.452 e. The van der Waals surface area contributed by atoms with Gasteiger partial charge in [0.05, 0.1) is 0 Å². The topological polar surface area (TPSA) is 84.9 Å². The van der Waals surface area contributed by atoms with Crippen LogP contribution in [0.3, 0.4) is 0 Å². The molecule has 0 bridgehead atoms. The van der Waals surface area contributed by atoms with E-state index in [1.54, 1.807) is 20.8 Å². The van der Waals surface area contributed by atoms with Gasteiger partial charge in [0.1, 0.15) is 5.60 Å². The van der Waals surface area contributed by atoms with Crippen LogP contribution < -0.4 is 5.32 Å². The molecule has 1 amide bonds. The molecule has 1 spiro atoms. The van der Waals surface area contributed by atoms with Crippen LogP contribution in [0, 0.1) is 5.41 Å². The van der Waals surface area contributed by atoms with Crippen LogP contribution in [0.25, 0.3) is 0 Å². The highest BCUT2D eigenvalue weighted by Gasteiger charge is 2.50. The Morgan fingerprint density at radius 1 is 1.11 bits per heavy atom. The van der Waals surface area contributed by atoms with Gasteiger partial charge in [-0.25, -0.2) is 14.4 Å². The molecule has 0 atom stereocenters. The van der Waals surface area contributed by atoms with Crippen molar-refractivity contribution in [3.63, 3.8) is 0 Å². The van der Waals surface area contributed by atoms with Crippen LogP contribution in [0.2, 0.25) is 0 Å². The lowest BCUT2D eigenvalue weighted by atomic mass is 9.75. The molecule has 2 fully saturated rings. The minimum atomic E-state index is -1.27. The Balaban J connectivity index is 1.76. The number of nitrogens with one attached hydrogen (secondary N) is 1. The van der Waals surface area contributed by atoms with Crippen LogP contribution in [-0.2, 0) is 19.1 Å². The van der Waals surface area contributed by atoms with E-state index < -0.39 is 23.6 Å². The van der Waals surface area contributed by atoms with Crippen molar-refractivity contribution in [3.8, 4) is 0 Å². The molecule has 19 heavy (non-hydrogen) atoms. The summed E-state index contributed by atoms with van der Waals surface area (Å²) >= 11 is 0. The predicted molar refractivity (Wildman–Crippen MR) is 64.2 cm³/mol. The Morgan fingerprint density at radius 3 is 2.11 bits per heavy atom. The molecule has 1 N–H and O–H groups in total. The molecule has 0 aromatic rings.